The van der Waals surface area contributed by atoms with Gasteiger partial charge in [0.15, 0.2) is 0 Å². The molecule has 0 fully saturated rings. The molecule has 0 amide bonds. The average molecular weight is 197 g/mol. The highest BCUT2D eigenvalue weighted by Crippen LogP contribution is 2.25. The van der Waals surface area contributed by atoms with E-state index in [-0.39, 0.29) is 12.4 Å². The normalized spacial score (nSPS) is 12.4. The Kier molecular flexibility index (Phi) is 3.44. The van der Waals surface area contributed by atoms with Gasteiger partial charge in [0.1, 0.15) is 11.7 Å². The lowest BCUT2D eigenvalue weighted by Gasteiger charge is -2.12. The molecule has 0 bridgehead atoms. The zero-order chi connectivity index (χ0) is 10.6. The van der Waals surface area contributed by atoms with E-state index in [2.05, 4.69) is 4.84 Å². The van der Waals surface area contributed by atoms with Crippen molar-refractivity contribution >= 4 is 5.97 Å². The first-order valence-electron chi connectivity index (χ1n) is 3.99. The van der Waals surface area contributed by atoms with Gasteiger partial charge >= 0.3 is 5.97 Å². The zero-order valence-corrected chi connectivity index (χ0v) is 7.38. The predicted octanol–water partition coefficient (Wildman–Crippen LogP) is 0.451. The summed E-state index contributed by atoms with van der Waals surface area (Å²) in [5.74, 6) is 2.71. The van der Waals surface area contributed by atoms with Crippen molar-refractivity contribution in [2.45, 2.75) is 5.92 Å². The molecule has 1 aromatic rings. The highest BCUT2D eigenvalue weighted by Gasteiger charge is 2.22. The maximum absolute atomic E-state index is 10.8. The summed E-state index contributed by atoms with van der Waals surface area (Å²) in [5, 5.41) is 18.2. The molecule has 1 rings (SSSR count). The zero-order valence-electron chi connectivity index (χ0n) is 7.38. The molecule has 14 heavy (non-hydrogen) atoms. The Labute approximate surface area is 80.7 Å². The summed E-state index contributed by atoms with van der Waals surface area (Å²) >= 11 is 0. The summed E-state index contributed by atoms with van der Waals surface area (Å²) in [6.45, 7) is -0.174. The third kappa shape index (κ3) is 2.21. The van der Waals surface area contributed by atoms with Gasteiger partial charge in [0.25, 0.3) is 0 Å². The van der Waals surface area contributed by atoms with Crippen molar-refractivity contribution in [2.24, 2.45) is 5.90 Å². The molecule has 5 nitrogen and oxygen atoms in total. The van der Waals surface area contributed by atoms with Crippen molar-refractivity contribution < 1.29 is 19.8 Å². The smallest absolute Gasteiger partial charge is 0.313 e. The monoisotopic (exact) mass is 197 g/mol. The van der Waals surface area contributed by atoms with Crippen LogP contribution in [0, 0.1) is 0 Å². The molecule has 0 saturated carbocycles. The lowest BCUT2D eigenvalue weighted by molar-refractivity contribution is -0.140. The van der Waals surface area contributed by atoms with Gasteiger partial charge in [-0.25, -0.2) is 5.90 Å². The van der Waals surface area contributed by atoms with Crippen LogP contribution < -0.4 is 5.90 Å². The van der Waals surface area contributed by atoms with Crippen molar-refractivity contribution in [3.05, 3.63) is 29.8 Å². The average Bonchev–Trinajstić information content (AvgIpc) is 2.15. The molecule has 0 saturated heterocycles. The summed E-state index contributed by atoms with van der Waals surface area (Å²) < 4.78 is 0. The second-order valence-electron chi connectivity index (χ2n) is 2.78. The first kappa shape index (κ1) is 10.5. The van der Waals surface area contributed by atoms with Crippen LogP contribution in [0.25, 0.3) is 0 Å². The summed E-state index contributed by atoms with van der Waals surface area (Å²) in [6, 6.07) is 6.19. The number of carbonyl (C=O) groups is 1. The van der Waals surface area contributed by atoms with Gasteiger partial charge < -0.3 is 15.1 Å². The molecule has 5 heteroatoms. The van der Waals surface area contributed by atoms with E-state index in [9.17, 15) is 9.90 Å². The predicted molar refractivity (Wildman–Crippen MR) is 48.6 cm³/mol. The molecule has 0 aliphatic carbocycles. The number of phenols is 1. The van der Waals surface area contributed by atoms with E-state index in [1.165, 1.54) is 12.1 Å². The molecule has 0 aliphatic heterocycles. The Hall–Kier alpha value is -1.59. The number of carboxylic acid groups (broad SMARTS) is 1. The van der Waals surface area contributed by atoms with Crippen LogP contribution in [-0.2, 0) is 9.63 Å². The quantitative estimate of drug-likeness (QED) is 0.609. The van der Waals surface area contributed by atoms with E-state index in [1.807, 2.05) is 0 Å². The number of benzene rings is 1. The minimum atomic E-state index is -1.09. The number of hydrogen-bond acceptors (Lipinski definition) is 4. The highest BCUT2D eigenvalue weighted by atomic mass is 16.6. The standard InChI is InChI=1S/C9H11NO4/c10-14-5-7(9(12)13)6-3-1-2-4-8(6)11/h1-4,7,11H,5,10H2,(H,12,13). The number of aromatic hydroxyl groups is 1. The molecule has 0 heterocycles. The Morgan fingerprint density at radius 2 is 2.14 bits per heavy atom. The van der Waals surface area contributed by atoms with Gasteiger partial charge in [-0.1, -0.05) is 18.2 Å². The number of aliphatic carboxylic acids is 1. The van der Waals surface area contributed by atoms with Crippen LogP contribution in [0.15, 0.2) is 24.3 Å². The summed E-state index contributed by atoms with van der Waals surface area (Å²) in [6.07, 6.45) is 0. The Morgan fingerprint density at radius 3 is 2.64 bits per heavy atom. The van der Waals surface area contributed by atoms with Gasteiger partial charge in [-0.15, -0.1) is 0 Å². The summed E-state index contributed by atoms with van der Waals surface area (Å²) in [7, 11) is 0. The molecule has 1 atom stereocenters. The molecule has 0 spiro atoms. The molecule has 0 aromatic heterocycles. The number of hydrogen-bond donors (Lipinski definition) is 3. The molecule has 76 valence electrons. The van der Waals surface area contributed by atoms with Gasteiger partial charge in [0.2, 0.25) is 0 Å². The van der Waals surface area contributed by atoms with Crippen molar-refractivity contribution in [2.75, 3.05) is 6.61 Å². The Bertz CT molecular complexity index is 326. The van der Waals surface area contributed by atoms with E-state index in [0.717, 1.165) is 0 Å². The topological polar surface area (TPSA) is 92.8 Å². The molecule has 1 aromatic carbocycles. The first-order valence-corrected chi connectivity index (χ1v) is 3.99. The lowest BCUT2D eigenvalue weighted by Crippen LogP contribution is -2.19. The SMILES string of the molecule is NOCC(C(=O)O)c1ccccc1O. The van der Waals surface area contributed by atoms with E-state index in [4.69, 9.17) is 11.0 Å². The second-order valence-corrected chi connectivity index (χ2v) is 2.78. The highest BCUT2D eigenvalue weighted by molar-refractivity contribution is 5.77. The van der Waals surface area contributed by atoms with Gasteiger partial charge in [0.05, 0.1) is 6.61 Å². The minimum Gasteiger partial charge on any atom is -0.508 e. The number of phenolic OH excluding ortho intramolecular Hbond substituents is 1. The Balaban J connectivity index is 2.99. The maximum Gasteiger partial charge on any atom is 0.313 e. The van der Waals surface area contributed by atoms with Crippen molar-refractivity contribution in [1.29, 1.82) is 0 Å². The van der Waals surface area contributed by atoms with Crippen LogP contribution in [-0.4, -0.2) is 22.8 Å². The van der Waals surface area contributed by atoms with Gasteiger partial charge in [-0.2, -0.15) is 0 Å². The summed E-state index contributed by atoms with van der Waals surface area (Å²) in [4.78, 5) is 15.1. The van der Waals surface area contributed by atoms with Crippen LogP contribution in [0.3, 0.4) is 0 Å². The first-order chi connectivity index (χ1) is 6.66. The third-order valence-electron chi connectivity index (χ3n) is 1.87. The molecule has 4 N–H and O–H groups in total. The van der Waals surface area contributed by atoms with Crippen LogP contribution in [0.2, 0.25) is 0 Å². The fraction of sp³-hybridized carbons (Fsp3) is 0.222. The van der Waals surface area contributed by atoms with Crippen LogP contribution in [0.5, 0.6) is 5.75 Å². The second kappa shape index (κ2) is 4.59. The van der Waals surface area contributed by atoms with Crippen LogP contribution in [0.4, 0.5) is 0 Å². The fourth-order valence-electron chi connectivity index (χ4n) is 1.17. The molecule has 1 unspecified atom stereocenters. The summed E-state index contributed by atoms with van der Waals surface area (Å²) in [5.41, 5.74) is 0.297. The number of nitrogens with two attached hydrogens (primary N) is 1. The number of carboxylic acids is 1. The van der Waals surface area contributed by atoms with Gasteiger partial charge in [-0.3, -0.25) is 4.79 Å². The lowest BCUT2D eigenvalue weighted by atomic mass is 9.99. The Morgan fingerprint density at radius 1 is 1.50 bits per heavy atom. The molecule has 0 radical (unpaired) electrons. The fourth-order valence-corrected chi connectivity index (χ4v) is 1.17. The molecule has 0 aliphatic rings. The van der Waals surface area contributed by atoms with Crippen LogP contribution >= 0.6 is 0 Å². The molecular weight excluding hydrogens is 186 g/mol. The molecular formula is C9H11NO4. The minimum absolute atomic E-state index is 0.0723. The number of para-hydroxylation sites is 1. The van der Waals surface area contributed by atoms with E-state index in [1.54, 1.807) is 12.1 Å². The van der Waals surface area contributed by atoms with Crippen LogP contribution in [0.1, 0.15) is 11.5 Å². The third-order valence-corrected chi connectivity index (χ3v) is 1.87. The number of rotatable bonds is 4. The van der Waals surface area contributed by atoms with Crippen molar-refractivity contribution in [3.63, 3.8) is 0 Å². The van der Waals surface area contributed by atoms with E-state index in [0.29, 0.717) is 5.56 Å². The largest absolute Gasteiger partial charge is 0.508 e. The van der Waals surface area contributed by atoms with Crippen molar-refractivity contribution in [3.8, 4) is 5.75 Å². The van der Waals surface area contributed by atoms with Gasteiger partial charge in [-0.05, 0) is 6.07 Å². The van der Waals surface area contributed by atoms with Crippen molar-refractivity contribution in [1.82, 2.24) is 0 Å². The van der Waals surface area contributed by atoms with Gasteiger partial charge in [0, 0.05) is 5.56 Å². The maximum atomic E-state index is 10.8. The van der Waals surface area contributed by atoms with E-state index < -0.39 is 11.9 Å². The van der Waals surface area contributed by atoms with E-state index >= 15 is 0 Å².